The van der Waals surface area contributed by atoms with E-state index in [4.69, 9.17) is 4.74 Å². The van der Waals surface area contributed by atoms with Gasteiger partial charge in [-0.25, -0.2) is 30.4 Å². The fourth-order valence-electron chi connectivity index (χ4n) is 5.03. The minimum absolute atomic E-state index is 0.0404. The first-order valence-corrected chi connectivity index (χ1v) is 18.4. The molecule has 0 aromatic heterocycles. The van der Waals surface area contributed by atoms with Gasteiger partial charge in [0.05, 0.1) is 16.8 Å². The first kappa shape index (κ1) is 36.8. The topological polar surface area (TPSA) is 186 Å². The molecule has 0 spiro atoms. The number of nitrogens with one attached hydrogen (secondary N) is 4. The molecule has 48 heavy (non-hydrogen) atoms. The Bertz CT molecular complexity index is 1770. The number of sulfonamides is 2. The van der Waals surface area contributed by atoms with Gasteiger partial charge in [0, 0.05) is 37.9 Å². The van der Waals surface area contributed by atoms with Crippen LogP contribution in [-0.2, 0) is 26.5 Å². The third-order valence-electron chi connectivity index (χ3n) is 7.53. The third kappa shape index (κ3) is 11.0. The van der Waals surface area contributed by atoms with Gasteiger partial charge >= 0.3 is 6.03 Å². The summed E-state index contributed by atoms with van der Waals surface area (Å²) in [5, 5.41) is 28.4. The number of hydrogen-bond acceptors (Lipinski definition) is 9. The third-order valence-corrected chi connectivity index (χ3v) is 10.0. The van der Waals surface area contributed by atoms with E-state index in [1.807, 2.05) is 0 Å². The minimum atomic E-state index is -3.76. The fraction of sp³-hybridized carbons (Fsp3) is 0.387. The molecule has 1 aliphatic heterocycles. The van der Waals surface area contributed by atoms with Gasteiger partial charge in [0.2, 0.25) is 20.0 Å². The van der Waals surface area contributed by atoms with Crippen molar-refractivity contribution < 1.29 is 45.4 Å². The Morgan fingerprint density at radius 1 is 1.02 bits per heavy atom. The molecule has 1 aliphatic rings. The summed E-state index contributed by atoms with van der Waals surface area (Å²) in [7, 11) is -7.36. The van der Waals surface area contributed by atoms with E-state index in [-0.39, 0.29) is 59.7 Å². The molecule has 0 aliphatic carbocycles. The molecule has 3 aromatic rings. The van der Waals surface area contributed by atoms with Crippen molar-refractivity contribution in [2.45, 2.75) is 30.3 Å². The Kier molecular flexibility index (Phi) is 12.6. The minimum Gasteiger partial charge on any atom is -0.506 e. The summed E-state index contributed by atoms with van der Waals surface area (Å²) in [6, 6.07) is 12.3. The lowest BCUT2D eigenvalue weighted by Gasteiger charge is -2.31. The number of aromatic hydroxyl groups is 1. The van der Waals surface area contributed by atoms with Crippen molar-refractivity contribution in [2.24, 2.45) is 5.92 Å². The van der Waals surface area contributed by atoms with Gasteiger partial charge in [-0.15, -0.1) is 0 Å². The monoisotopic (exact) mass is 711 g/mol. The molecule has 1 atom stereocenters. The molecular formula is C31H39F2N5O8S2. The predicted octanol–water partition coefficient (Wildman–Crippen LogP) is 2.84. The van der Waals surface area contributed by atoms with Crippen LogP contribution in [0.15, 0.2) is 65.6 Å². The molecule has 3 aromatic carbocycles. The lowest BCUT2D eigenvalue weighted by molar-refractivity contribution is 0.104. The zero-order valence-electron chi connectivity index (χ0n) is 26.2. The van der Waals surface area contributed by atoms with Gasteiger partial charge in [0.1, 0.15) is 35.8 Å². The maximum Gasteiger partial charge on any atom is 0.319 e. The van der Waals surface area contributed by atoms with E-state index in [0.29, 0.717) is 38.2 Å². The van der Waals surface area contributed by atoms with Crippen LogP contribution in [0.3, 0.4) is 0 Å². The van der Waals surface area contributed by atoms with E-state index in [0.717, 1.165) is 24.5 Å². The summed E-state index contributed by atoms with van der Waals surface area (Å²) in [5.41, 5.74) is 0.459. The van der Waals surface area contributed by atoms with Crippen LogP contribution in [0, 0.1) is 17.6 Å². The zero-order valence-corrected chi connectivity index (χ0v) is 27.8. The molecule has 6 N–H and O–H groups in total. The number of benzene rings is 3. The van der Waals surface area contributed by atoms with Gasteiger partial charge in [-0.2, -0.15) is 4.31 Å². The number of rotatable bonds is 15. The molecule has 1 heterocycles. The van der Waals surface area contributed by atoms with Crippen molar-refractivity contribution in [1.29, 1.82) is 0 Å². The molecule has 0 radical (unpaired) electrons. The lowest BCUT2D eigenvalue weighted by Crippen LogP contribution is -2.42. The number of hydrogen-bond donors (Lipinski definition) is 6. The largest absolute Gasteiger partial charge is 0.506 e. The van der Waals surface area contributed by atoms with Crippen molar-refractivity contribution in [3.63, 3.8) is 0 Å². The number of carbonyl (C=O) groups excluding carboxylic acids is 1. The summed E-state index contributed by atoms with van der Waals surface area (Å²) in [6.07, 6.45) is 1.40. The molecule has 2 amide bonds. The van der Waals surface area contributed by atoms with E-state index in [9.17, 15) is 40.6 Å². The number of aliphatic hydroxyl groups is 1. The summed E-state index contributed by atoms with van der Waals surface area (Å²) in [6.45, 7) is 1.40. The van der Waals surface area contributed by atoms with E-state index < -0.39 is 43.8 Å². The van der Waals surface area contributed by atoms with Crippen molar-refractivity contribution in [3.8, 4) is 11.5 Å². The number of nitrogens with zero attached hydrogens (tertiary/aromatic N) is 1. The highest BCUT2D eigenvalue weighted by Crippen LogP contribution is 2.29. The van der Waals surface area contributed by atoms with Crippen LogP contribution in [0.2, 0.25) is 0 Å². The fourth-order valence-corrected chi connectivity index (χ4v) is 7.06. The van der Waals surface area contributed by atoms with Gasteiger partial charge < -0.3 is 30.9 Å². The van der Waals surface area contributed by atoms with E-state index in [1.54, 1.807) is 0 Å². The van der Waals surface area contributed by atoms with Crippen LogP contribution in [-0.4, -0.2) is 89.1 Å². The number of halogens is 2. The van der Waals surface area contributed by atoms with E-state index in [1.165, 1.54) is 46.8 Å². The Morgan fingerprint density at radius 2 is 1.73 bits per heavy atom. The van der Waals surface area contributed by atoms with E-state index >= 15 is 0 Å². The standard InChI is InChI=1S/C31H39F2N5O8S2/c1-47(42,43)37-29-17-26(5-9-30(29)40)46-20-25(39)19-34-18-21-11-14-38(15-12-21)48(44,45)27-6-3-24(4-7-27)36-31(41)35-13-10-22-16-23(32)2-8-28(22)33/h2-9,16-17,21,25,34,37,39-40H,10-15,18-20H2,1H3,(H2,35,36,41)/t25-/m0/s1. The summed E-state index contributed by atoms with van der Waals surface area (Å²) < 4.78 is 85.5. The Morgan fingerprint density at radius 3 is 2.42 bits per heavy atom. The second-order valence-corrected chi connectivity index (χ2v) is 15.1. The second-order valence-electron chi connectivity index (χ2n) is 11.4. The maximum atomic E-state index is 13.7. The number of urea groups is 1. The molecule has 13 nitrogen and oxygen atoms in total. The van der Waals surface area contributed by atoms with Gasteiger partial charge in [-0.1, -0.05) is 0 Å². The number of aliphatic hydroxyl groups excluding tert-OH is 1. The number of ether oxygens (including phenoxy) is 1. The van der Waals surface area contributed by atoms with Crippen molar-refractivity contribution in [2.75, 3.05) is 55.6 Å². The Balaban J connectivity index is 1.15. The number of anilines is 2. The summed E-state index contributed by atoms with van der Waals surface area (Å²) >= 11 is 0. The van der Waals surface area contributed by atoms with Gasteiger partial charge in [0.25, 0.3) is 0 Å². The quantitative estimate of drug-likeness (QED) is 0.129. The van der Waals surface area contributed by atoms with E-state index in [2.05, 4.69) is 20.7 Å². The highest BCUT2D eigenvalue weighted by Gasteiger charge is 2.29. The molecule has 0 saturated carbocycles. The predicted molar refractivity (Wildman–Crippen MR) is 176 cm³/mol. The second kappa shape index (κ2) is 16.4. The molecular weight excluding hydrogens is 672 g/mol. The van der Waals surface area contributed by atoms with Crippen LogP contribution in [0.1, 0.15) is 18.4 Å². The number of piperidine rings is 1. The number of phenolic OH excluding ortho intramolecular Hbond substituents is 1. The first-order valence-electron chi connectivity index (χ1n) is 15.1. The molecule has 1 fully saturated rings. The number of amides is 2. The number of carbonyl (C=O) groups is 1. The molecule has 1 saturated heterocycles. The zero-order chi connectivity index (χ0) is 34.9. The molecule has 17 heteroatoms. The molecule has 4 rings (SSSR count). The highest BCUT2D eigenvalue weighted by molar-refractivity contribution is 7.92. The normalized spacial score (nSPS) is 15.1. The van der Waals surface area contributed by atoms with Crippen LogP contribution < -0.4 is 25.4 Å². The van der Waals surface area contributed by atoms with Gasteiger partial charge in [-0.3, -0.25) is 4.72 Å². The molecule has 262 valence electrons. The van der Waals surface area contributed by atoms with Crippen molar-refractivity contribution >= 4 is 37.5 Å². The SMILES string of the molecule is CS(=O)(=O)Nc1cc(OC[C@@H](O)CNCC2CCN(S(=O)(=O)c3ccc(NC(=O)NCCc4cc(F)ccc4F)cc3)CC2)ccc1O. The van der Waals surface area contributed by atoms with Crippen LogP contribution in [0.25, 0.3) is 0 Å². The first-order chi connectivity index (χ1) is 22.7. The Hall–Kier alpha value is -4.03. The van der Waals surface area contributed by atoms with Gasteiger partial charge in [0.15, 0.2) is 0 Å². The maximum absolute atomic E-state index is 13.7. The average molecular weight is 712 g/mol. The van der Waals surface area contributed by atoms with Crippen LogP contribution >= 0.6 is 0 Å². The molecule has 0 bridgehead atoms. The highest BCUT2D eigenvalue weighted by atomic mass is 32.2. The summed E-state index contributed by atoms with van der Waals surface area (Å²) in [4.78, 5) is 12.3. The Labute approximate surface area is 278 Å². The molecule has 0 unspecified atom stereocenters. The smallest absolute Gasteiger partial charge is 0.319 e. The van der Waals surface area contributed by atoms with Crippen molar-refractivity contribution in [3.05, 3.63) is 77.9 Å². The lowest BCUT2D eigenvalue weighted by atomic mass is 9.98. The van der Waals surface area contributed by atoms with Gasteiger partial charge in [-0.05, 0) is 91.9 Å². The summed E-state index contributed by atoms with van der Waals surface area (Å²) in [5.74, 6) is -0.949. The average Bonchev–Trinajstić information content (AvgIpc) is 3.03. The van der Waals surface area contributed by atoms with Crippen LogP contribution in [0.5, 0.6) is 11.5 Å². The number of phenols is 1. The van der Waals surface area contributed by atoms with Crippen molar-refractivity contribution in [1.82, 2.24) is 14.9 Å². The van der Waals surface area contributed by atoms with Crippen LogP contribution in [0.4, 0.5) is 25.0 Å².